The van der Waals surface area contributed by atoms with E-state index in [1.54, 1.807) is 0 Å². The number of hydrogen-bond donors (Lipinski definition) is 0. The van der Waals surface area contributed by atoms with E-state index in [1.165, 1.54) is 4.31 Å². The van der Waals surface area contributed by atoms with Gasteiger partial charge >= 0.3 is 0 Å². The molecule has 2 fully saturated rings. The molecule has 128 valence electrons. The van der Waals surface area contributed by atoms with Crippen LogP contribution in [0.4, 0.5) is 8.78 Å². The topological polar surface area (TPSA) is 49.9 Å². The van der Waals surface area contributed by atoms with E-state index < -0.39 is 26.6 Å². The third kappa shape index (κ3) is 3.55. The molecule has 0 bridgehead atoms. The van der Waals surface area contributed by atoms with E-state index in [2.05, 4.69) is 4.90 Å². The molecule has 0 radical (unpaired) electrons. The molecule has 23 heavy (non-hydrogen) atoms. The minimum Gasteiger partial charge on any atom is -0.379 e. The molecule has 0 aromatic heterocycles. The Labute approximate surface area is 134 Å². The van der Waals surface area contributed by atoms with Crippen LogP contribution in [0.15, 0.2) is 23.1 Å². The molecule has 1 aromatic carbocycles. The lowest BCUT2D eigenvalue weighted by atomic mass is 10.2. The van der Waals surface area contributed by atoms with Crippen molar-refractivity contribution in [1.82, 2.24) is 9.21 Å². The van der Waals surface area contributed by atoms with Gasteiger partial charge in [0.15, 0.2) is 0 Å². The third-order valence-corrected chi connectivity index (χ3v) is 6.36. The summed E-state index contributed by atoms with van der Waals surface area (Å²) in [6, 6.07) is 2.41. The lowest BCUT2D eigenvalue weighted by Gasteiger charge is -2.32. The van der Waals surface area contributed by atoms with Gasteiger partial charge in [0.2, 0.25) is 10.0 Å². The number of halogens is 2. The van der Waals surface area contributed by atoms with Gasteiger partial charge in [0.1, 0.15) is 16.5 Å². The highest BCUT2D eigenvalue weighted by Crippen LogP contribution is 2.28. The van der Waals surface area contributed by atoms with Crippen molar-refractivity contribution in [2.24, 2.45) is 0 Å². The molecule has 0 aliphatic carbocycles. The van der Waals surface area contributed by atoms with Gasteiger partial charge < -0.3 is 4.74 Å². The molecule has 1 atom stereocenters. The number of ether oxygens (including phenoxy) is 1. The van der Waals surface area contributed by atoms with Gasteiger partial charge in [-0.2, -0.15) is 4.31 Å². The highest BCUT2D eigenvalue weighted by Gasteiger charge is 2.37. The summed E-state index contributed by atoms with van der Waals surface area (Å²) in [6.45, 7) is 3.82. The van der Waals surface area contributed by atoms with Crippen molar-refractivity contribution in [3.63, 3.8) is 0 Å². The Kier molecular flexibility index (Phi) is 4.96. The summed E-state index contributed by atoms with van der Waals surface area (Å²) in [5.74, 6) is -1.82. The molecular formula is C15H20F2N2O3S. The second-order valence-corrected chi connectivity index (χ2v) is 7.76. The number of hydrogen-bond acceptors (Lipinski definition) is 4. The van der Waals surface area contributed by atoms with Crippen molar-refractivity contribution in [3.05, 3.63) is 29.8 Å². The first-order valence-corrected chi connectivity index (χ1v) is 9.19. The smallest absolute Gasteiger partial charge is 0.246 e. The monoisotopic (exact) mass is 346 g/mol. The molecule has 2 aliphatic heterocycles. The Morgan fingerprint density at radius 1 is 1.17 bits per heavy atom. The van der Waals surface area contributed by atoms with E-state index in [0.29, 0.717) is 32.4 Å². The number of rotatable bonds is 4. The van der Waals surface area contributed by atoms with E-state index >= 15 is 0 Å². The zero-order valence-corrected chi connectivity index (χ0v) is 13.6. The average Bonchev–Trinajstić information content (AvgIpc) is 2.97. The molecule has 0 spiro atoms. The van der Waals surface area contributed by atoms with Gasteiger partial charge in [0.25, 0.3) is 0 Å². The normalized spacial score (nSPS) is 24.2. The maximum atomic E-state index is 13.9. The summed E-state index contributed by atoms with van der Waals surface area (Å²) in [6.07, 6.45) is 1.50. The van der Waals surface area contributed by atoms with Gasteiger partial charge in [-0.25, -0.2) is 17.2 Å². The van der Waals surface area contributed by atoms with Crippen molar-refractivity contribution in [3.8, 4) is 0 Å². The molecule has 0 amide bonds. The number of morpholine rings is 1. The summed E-state index contributed by atoms with van der Waals surface area (Å²) in [7, 11) is -3.95. The maximum absolute atomic E-state index is 13.9. The van der Waals surface area contributed by atoms with Gasteiger partial charge in [-0.05, 0) is 25.0 Å². The first kappa shape index (κ1) is 16.8. The molecule has 1 unspecified atom stereocenters. The standard InChI is InChI=1S/C15H20F2N2O3S/c16-12-3-4-15(14(17)10-12)23(20,21)19-5-1-2-13(19)11-18-6-8-22-9-7-18/h3-4,10,13H,1-2,5-9,11H2. The molecule has 0 N–H and O–H groups in total. The van der Waals surface area contributed by atoms with Gasteiger partial charge in [0.05, 0.1) is 13.2 Å². The quantitative estimate of drug-likeness (QED) is 0.828. The third-order valence-electron chi connectivity index (χ3n) is 4.38. The Morgan fingerprint density at radius 2 is 1.91 bits per heavy atom. The lowest BCUT2D eigenvalue weighted by Crippen LogP contribution is -2.46. The Bertz CT molecular complexity index is 663. The van der Waals surface area contributed by atoms with Gasteiger partial charge in [-0.3, -0.25) is 4.90 Å². The molecule has 2 heterocycles. The van der Waals surface area contributed by atoms with Crippen LogP contribution in [-0.2, 0) is 14.8 Å². The second-order valence-electron chi connectivity index (χ2n) is 5.90. The highest BCUT2D eigenvalue weighted by atomic mass is 32.2. The molecule has 1 aromatic rings. The van der Waals surface area contributed by atoms with Gasteiger partial charge in [-0.1, -0.05) is 0 Å². The summed E-state index contributed by atoms with van der Waals surface area (Å²) in [5, 5.41) is 0. The van der Waals surface area contributed by atoms with Crippen molar-refractivity contribution in [1.29, 1.82) is 0 Å². The molecule has 2 saturated heterocycles. The second kappa shape index (κ2) is 6.80. The van der Waals surface area contributed by atoms with E-state index in [9.17, 15) is 17.2 Å². The maximum Gasteiger partial charge on any atom is 0.246 e. The fourth-order valence-electron chi connectivity index (χ4n) is 3.20. The first-order chi connectivity index (χ1) is 11.0. The van der Waals surface area contributed by atoms with Crippen LogP contribution >= 0.6 is 0 Å². The molecule has 5 nitrogen and oxygen atoms in total. The largest absolute Gasteiger partial charge is 0.379 e. The van der Waals surface area contributed by atoms with Crippen LogP contribution in [0.5, 0.6) is 0 Å². The van der Waals surface area contributed by atoms with Crippen LogP contribution in [0.3, 0.4) is 0 Å². The molecular weight excluding hydrogens is 326 g/mol. The fraction of sp³-hybridized carbons (Fsp3) is 0.600. The lowest BCUT2D eigenvalue weighted by molar-refractivity contribution is 0.0312. The zero-order chi connectivity index (χ0) is 16.4. The van der Waals surface area contributed by atoms with Crippen LogP contribution < -0.4 is 0 Å². The van der Waals surface area contributed by atoms with Gasteiger partial charge in [0, 0.05) is 38.3 Å². The fourth-order valence-corrected chi connectivity index (χ4v) is 4.93. The van der Waals surface area contributed by atoms with Crippen molar-refractivity contribution in [2.45, 2.75) is 23.8 Å². The summed E-state index contributed by atoms with van der Waals surface area (Å²) in [4.78, 5) is 1.72. The number of benzene rings is 1. The molecule has 8 heteroatoms. The van der Waals surface area contributed by atoms with Crippen molar-refractivity contribution >= 4 is 10.0 Å². The summed E-state index contributed by atoms with van der Waals surface area (Å²) >= 11 is 0. The minimum atomic E-state index is -3.95. The summed E-state index contributed by atoms with van der Waals surface area (Å²) in [5.41, 5.74) is 0. The minimum absolute atomic E-state index is 0.178. The van der Waals surface area contributed by atoms with Crippen molar-refractivity contribution in [2.75, 3.05) is 39.4 Å². The molecule has 3 rings (SSSR count). The van der Waals surface area contributed by atoms with E-state index in [-0.39, 0.29) is 6.04 Å². The SMILES string of the molecule is O=S(=O)(c1ccc(F)cc1F)N1CCCC1CN1CCOCC1. The Hall–Kier alpha value is -1.09. The van der Waals surface area contributed by atoms with Gasteiger partial charge in [-0.15, -0.1) is 0 Å². The first-order valence-electron chi connectivity index (χ1n) is 7.75. The van der Waals surface area contributed by atoms with Crippen LogP contribution in [0, 0.1) is 11.6 Å². The van der Waals surface area contributed by atoms with Crippen LogP contribution in [-0.4, -0.2) is 63.1 Å². The number of nitrogens with zero attached hydrogens (tertiary/aromatic N) is 2. The van der Waals surface area contributed by atoms with Crippen LogP contribution in [0.1, 0.15) is 12.8 Å². The Balaban J connectivity index is 1.80. The summed E-state index contributed by atoms with van der Waals surface area (Å²) < 4.78 is 59.1. The van der Waals surface area contributed by atoms with Crippen LogP contribution in [0.25, 0.3) is 0 Å². The Morgan fingerprint density at radius 3 is 2.61 bits per heavy atom. The van der Waals surface area contributed by atoms with Crippen LogP contribution in [0.2, 0.25) is 0 Å². The number of sulfonamides is 1. The molecule has 2 aliphatic rings. The predicted octanol–water partition coefficient (Wildman–Crippen LogP) is 1.45. The predicted molar refractivity (Wildman–Crippen MR) is 80.5 cm³/mol. The van der Waals surface area contributed by atoms with E-state index in [1.807, 2.05) is 0 Å². The van der Waals surface area contributed by atoms with E-state index in [0.717, 1.165) is 38.1 Å². The highest BCUT2D eigenvalue weighted by molar-refractivity contribution is 7.89. The zero-order valence-electron chi connectivity index (χ0n) is 12.7. The van der Waals surface area contributed by atoms with E-state index in [4.69, 9.17) is 4.74 Å². The molecule has 0 saturated carbocycles. The van der Waals surface area contributed by atoms with Crippen molar-refractivity contribution < 1.29 is 21.9 Å². The average molecular weight is 346 g/mol.